The van der Waals surface area contributed by atoms with Gasteiger partial charge in [-0.25, -0.2) is 9.97 Å². The van der Waals surface area contributed by atoms with Gasteiger partial charge in [-0.15, -0.1) is 0 Å². The van der Waals surface area contributed by atoms with Gasteiger partial charge in [0.25, 0.3) is 0 Å². The van der Waals surface area contributed by atoms with Crippen LogP contribution in [0.3, 0.4) is 0 Å². The van der Waals surface area contributed by atoms with E-state index in [0.29, 0.717) is 11.8 Å². The van der Waals surface area contributed by atoms with E-state index in [1.807, 2.05) is 7.05 Å². The molecule has 0 radical (unpaired) electrons. The monoisotopic (exact) mass is 267 g/mol. The van der Waals surface area contributed by atoms with Crippen LogP contribution in [-0.4, -0.2) is 17.0 Å². The summed E-state index contributed by atoms with van der Waals surface area (Å²) in [6, 6.07) is 10.7. The normalized spacial score (nSPS) is 14.6. The van der Waals surface area contributed by atoms with Gasteiger partial charge in [-0.2, -0.15) is 0 Å². The number of nitrogens with zero attached hydrogens (tertiary/aromatic N) is 2. The quantitative estimate of drug-likeness (QED) is 0.902. The van der Waals surface area contributed by atoms with E-state index in [1.54, 1.807) is 0 Å². The van der Waals surface area contributed by atoms with Crippen molar-refractivity contribution in [1.29, 1.82) is 0 Å². The van der Waals surface area contributed by atoms with Crippen molar-refractivity contribution in [3.05, 3.63) is 41.6 Å². The summed E-state index contributed by atoms with van der Waals surface area (Å²) in [5.74, 6) is 2.92. The second-order valence-corrected chi connectivity index (χ2v) is 5.80. The van der Waals surface area contributed by atoms with Gasteiger partial charge >= 0.3 is 0 Å². The molecule has 0 spiro atoms. The average molecular weight is 267 g/mol. The standard InChI is InChI=1S/C17H21N3/c1-11(2)12-4-8-14(9-5-12)17-19-15(13-6-7-13)10-16(18-3)20-17/h4-5,8-11,13H,6-7H2,1-3H3,(H,18,19,20). The lowest BCUT2D eigenvalue weighted by Gasteiger charge is -2.09. The molecule has 1 heterocycles. The number of rotatable bonds is 4. The highest BCUT2D eigenvalue weighted by atomic mass is 15.0. The predicted molar refractivity (Wildman–Crippen MR) is 83.1 cm³/mol. The van der Waals surface area contributed by atoms with E-state index < -0.39 is 0 Å². The van der Waals surface area contributed by atoms with E-state index in [2.05, 4.69) is 54.5 Å². The largest absolute Gasteiger partial charge is 0.373 e. The van der Waals surface area contributed by atoms with Crippen LogP contribution in [0.25, 0.3) is 11.4 Å². The molecule has 1 aromatic carbocycles. The third kappa shape index (κ3) is 2.67. The van der Waals surface area contributed by atoms with Crippen molar-refractivity contribution in [2.75, 3.05) is 12.4 Å². The fourth-order valence-electron chi connectivity index (χ4n) is 2.33. The van der Waals surface area contributed by atoms with Crippen LogP contribution >= 0.6 is 0 Å². The van der Waals surface area contributed by atoms with E-state index in [4.69, 9.17) is 4.98 Å². The van der Waals surface area contributed by atoms with Gasteiger partial charge in [0.05, 0.1) is 0 Å². The van der Waals surface area contributed by atoms with Crippen LogP contribution < -0.4 is 5.32 Å². The lowest BCUT2D eigenvalue weighted by Crippen LogP contribution is -2.00. The number of benzene rings is 1. The van der Waals surface area contributed by atoms with Crippen molar-refractivity contribution in [3.63, 3.8) is 0 Å². The number of hydrogen-bond donors (Lipinski definition) is 1. The molecule has 104 valence electrons. The summed E-state index contributed by atoms with van der Waals surface area (Å²) in [5.41, 5.74) is 3.61. The van der Waals surface area contributed by atoms with Crippen LogP contribution in [0.1, 0.15) is 49.8 Å². The smallest absolute Gasteiger partial charge is 0.161 e. The van der Waals surface area contributed by atoms with E-state index in [-0.39, 0.29) is 0 Å². The molecule has 0 unspecified atom stereocenters. The minimum Gasteiger partial charge on any atom is -0.373 e. The molecular formula is C17H21N3. The Morgan fingerprint density at radius 2 is 1.80 bits per heavy atom. The zero-order valence-electron chi connectivity index (χ0n) is 12.4. The van der Waals surface area contributed by atoms with Crippen molar-refractivity contribution in [1.82, 2.24) is 9.97 Å². The first-order valence-corrected chi connectivity index (χ1v) is 7.34. The summed E-state index contributed by atoms with van der Waals surface area (Å²) < 4.78 is 0. The lowest BCUT2D eigenvalue weighted by molar-refractivity contribution is 0.866. The van der Waals surface area contributed by atoms with Crippen molar-refractivity contribution in [3.8, 4) is 11.4 Å². The average Bonchev–Trinajstić information content (AvgIpc) is 3.31. The van der Waals surface area contributed by atoms with Crippen molar-refractivity contribution >= 4 is 5.82 Å². The number of aromatic nitrogens is 2. The molecule has 2 aromatic rings. The minimum absolute atomic E-state index is 0.552. The summed E-state index contributed by atoms with van der Waals surface area (Å²) in [6.07, 6.45) is 2.51. The van der Waals surface area contributed by atoms with E-state index in [0.717, 1.165) is 17.2 Å². The van der Waals surface area contributed by atoms with Crippen molar-refractivity contribution < 1.29 is 0 Å². The van der Waals surface area contributed by atoms with Crippen LogP contribution in [-0.2, 0) is 0 Å². The highest BCUT2D eigenvalue weighted by Gasteiger charge is 2.26. The van der Waals surface area contributed by atoms with Crippen LogP contribution in [0, 0.1) is 0 Å². The summed E-state index contributed by atoms with van der Waals surface area (Å²) in [5, 5.41) is 3.14. The summed E-state index contributed by atoms with van der Waals surface area (Å²) in [4.78, 5) is 9.32. The fraction of sp³-hybridized carbons (Fsp3) is 0.412. The molecule has 0 saturated heterocycles. The second-order valence-electron chi connectivity index (χ2n) is 5.80. The Balaban J connectivity index is 1.97. The first kappa shape index (κ1) is 13.1. The molecule has 0 aliphatic heterocycles. The van der Waals surface area contributed by atoms with Crippen LogP contribution in [0.15, 0.2) is 30.3 Å². The molecule has 20 heavy (non-hydrogen) atoms. The zero-order valence-corrected chi connectivity index (χ0v) is 12.4. The Bertz CT molecular complexity index is 598. The van der Waals surface area contributed by atoms with Crippen molar-refractivity contribution in [2.24, 2.45) is 0 Å². The van der Waals surface area contributed by atoms with E-state index in [1.165, 1.54) is 24.1 Å². The van der Waals surface area contributed by atoms with Gasteiger partial charge in [0.1, 0.15) is 5.82 Å². The Labute approximate surface area is 120 Å². The molecule has 1 fully saturated rings. The Hall–Kier alpha value is -1.90. The SMILES string of the molecule is CNc1cc(C2CC2)nc(-c2ccc(C(C)C)cc2)n1. The number of nitrogens with one attached hydrogen (secondary N) is 1. The van der Waals surface area contributed by atoms with Gasteiger partial charge < -0.3 is 5.32 Å². The Morgan fingerprint density at radius 1 is 1.10 bits per heavy atom. The Kier molecular flexibility index (Phi) is 3.43. The summed E-state index contributed by atoms with van der Waals surface area (Å²) >= 11 is 0. The predicted octanol–water partition coefficient (Wildman–Crippen LogP) is 4.19. The Morgan fingerprint density at radius 3 is 2.35 bits per heavy atom. The fourth-order valence-corrected chi connectivity index (χ4v) is 2.33. The molecule has 0 amide bonds. The molecule has 1 aliphatic carbocycles. The topological polar surface area (TPSA) is 37.8 Å². The maximum Gasteiger partial charge on any atom is 0.161 e. The molecule has 3 nitrogen and oxygen atoms in total. The lowest BCUT2D eigenvalue weighted by atomic mass is 10.0. The molecule has 3 heteroatoms. The number of hydrogen-bond acceptors (Lipinski definition) is 3. The zero-order chi connectivity index (χ0) is 14.1. The number of anilines is 1. The molecule has 3 rings (SSSR count). The van der Waals surface area contributed by atoms with Gasteiger partial charge in [0.2, 0.25) is 0 Å². The van der Waals surface area contributed by atoms with Gasteiger partial charge in [-0.1, -0.05) is 38.1 Å². The highest BCUT2D eigenvalue weighted by Crippen LogP contribution is 2.40. The van der Waals surface area contributed by atoms with Gasteiger partial charge in [0.15, 0.2) is 5.82 Å². The molecule has 0 atom stereocenters. The first-order chi connectivity index (χ1) is 9.67. The van der Waals surface area contributed by atoms with Gasteiger partial charge in [-0.3, -0.25) is 0 Å². The molecule has 1 N–H and O–H groups in total. The first-order valence-electron chi connectivity index (χ1n) is 7.34. The molecular weight excluding hydrogens is 246 g/mol. The molecule has 1 saturated carbocycles. The maximum absolute atomic E-state index is 4.74. The maximum atomic E-state index is 4.74. The van der Waals surface area contributed by atoms with E-state index >= 15 is 0 Å². The molecule has 1 aliphatic rings. The van der Waals surface area contributed by atoms with Gasteiger partial charge in [-0.05, 0) is 24.3 Å². The van der Waals surface area contributed by atoms with Crippen LogP contribution in [0.2, 0.25) is 0 Å². The summed E-state index contributed by atoms with van der Waals surface area (Å²) in [7, 11) is 1.91. The molecule has 0 bridgehead atoms. The second kappa shape index (κ2) is 5.23. The van der Waals surface area contributed by atoms with Crippen LogP contribution in [0.4, 0.5) is 5.82 Å². The third-order valence-electron chi connectivity index (χ3n) is 3.83. The highest BCUT2D eigenvalue weighted by molar-refractivity contribution is 5.58. The van der Waals surface area contributed by atoms with E-state index in [9.17, 15) is 0 Å². The van der Waals surface area contributed by atoms with Crippen LogP contribution in [0.5, 0.6) is 0 Å². The molecule has 1 aromatic heterocycles. The minimum atomic E-state index is 0.552. The van der Waals surface area contributed by atoms with Crippen molar-refractivity contribution in [2.45, 2.75) is 38.5 Å². The summed E-state index contributed by atoms with van der Waals surface area (Å²) in [6.45, 7) is 4.41. The van der Waals surface area contributed by atoms with Gasteiger partial charge in [0, 0.05) is 30.3 Å². The third-order valence-corrected chi connectivity index (χ3v) is 3.83.